The summed E-state index contributed by atoms with van der Waals surface area (Å²) in [4.78, 5) is 17.2. The quantitative estimate of drug-likeness (QED) is 0.372. The van der Waals surface area contributed by atoms with Gasteiger partial charge in [0.05, 0.1) is 23.7 Å². The van der Waals surface area contributed by atoms with Gasteiger partial charge in [-0.2, -0.15) is 4.31 Å². The fourth-order valence-corrected chi connectivity index (χ4v) is 5.38. The molecule has 4 aromatic rings. The van der Waals surface area contributed by atoms with Crippen LogP contribution < -0.4 is 5.32 Å². The molecule has 3 aromatic carbocycles. The van der Waals surface area contributed by atoms with Crippen molar-refractivity contribution in [3.05, 3.63) is 77.7 Å². The van der Waals surface area contributed by atoms with Crippen LogP contribution in [0, 0.1) is 0 Å². The summed E-state index contributed by atoms with van der Waals surface area (Å²) in [5.74, 6) is -0.456. The Labute approximate surface area is 203 Å². The van der Waals surface area contributed by atoms with Gasteiger partial charge in [0.1, 0.15) is 0 Å². The van der Waals surface area contributed by atoms with Crippen molar-refractivity contribution in [3.63, 3.8) is 0 Å². The molecule has 1 heterocycles. The van der Waals surface area contributed by atoms with E-state index in [4.69, 9.17) is 4.74 Å². The normalized spacial score (nSPS) is 11.7. The highest BCUT2D eigenvalue weighted by Crippen LogP contribution is 2.26. The number of hydrogen-bond acceptors (Lipinski definition) is 6. The van der Waals surface area contributed by atoms with E-state index in [1.165, 1.54) is 23.9 Å². The van der Waals surface area contributed by atoms with Crippen LogP contribution >= 0.6 is 11.3 Å². The number of likely N-dealkylation sites (N-methyl/N-ethyl adjacent to an activating group) is 1. The summed E-state index contributed by atoms with van der Waals surface area (Å²) in [6.45, 7) is 0.343. The average molecular weight is 496 g/mol. The number of sulfonamides is 1. The zero-order valence-electron chi connectivity index (χ0n) is 18.9. The Kier molecular flexibility index (Phi) is 7.38. The molecule has 7 nitrogen and oxygen atoms in total. The van der Waals surface area contributed by atoms with Crippen LogP contribution in [-0.4, -0.2) is 50.9 Å². The van der Waals surface area contributed by atoms with E-state index in [0.29, 0.717) is 11.7 Å². The predicted molar refractivity (Wildman–Crippen MR) is 136 cm³/mol. The van der Waals surface area contributed by atoms with E-state index in [1.807, 2.05) is 53.9 Å². The molecule has 0 bridgehead atoms. The molecule has 0 saturated heterocycles. The summed E-state index contributed by atoms with van der Waals surface area (Å²) < 4.78 is 32.1. The first-order valence-electron chi connectivity index (χ1n) is 10.7. The Morgan fingerprint density at radius 3 is 2.53 bits per heavy atom. The SMILES string of the molecule is COCCc1ccc(-c2csc(NC(=O)CN(C)S(=O)(=O)c3ccc4ccccc4c3)n2)cc1. The number of hydrogen-bond donors (Lipinski definition) is 1. The number of amides is 1. The standard InChI is InChI=1S/C25H25N3O4S2/c1-28(34(30,31)22-12-11-19-5-3-4-6-21(19)15-22)16-24(29)27-25-26-23(17-33-25)20-9-7-18(8-10-20)13-14-32-2/h3-12,15,17H,13-14,16H2,1-2H3,(H,26,27,29). The summed E-state index contributed by atoms with van der Waals surface area (Å²) in [6.07, 6.45) is 0.838. The van der Waals surface area contributed by atoms with Gasteiger partial charge in [0, 0.05) is 25.1 Å². The second-order valence-corrected chi connectivity index (χ2v) is 10.7. The van der Waals surface area contributed by atoms with E-state index in [1.54, 1.807) is 25.3 Å². The van der Waals surface area contributed by atoms with Gasteiger partial charge < -0.3 is 10.1 Å². The fraction of sp³-hybridized carbons (Fsp3) is 0.200. The Balaban J connectivity index is 1.39. The van der Waals surface area contributed by atoms with Crippen LogP contribution in [0.15, 0.2) is 77.0 Å². The van der Waals surface area contributed by atoms with Crippen molar-refractivity contribution in [1.82, 2.24) is 9.29 Å². The number of carbonyl (C=O) groups is 1. The van der Waals surface area contributed by atoms with Gasteiger partial charge in [0.25, 0.3) is 0 Å². The van der Waals surface area contributed by atoms with Gasteiger partial charge in [-0.15, -0.1) is 11.3 Å². The molecule has 0 aliphatic carbocycles. The van der Waals surface area contributed by atoms with Crippen molar-refractivity contribution in [3.8, 4) is 11.3 Å². The molecule has 9 heteroatoms. The van der Waals surface area contributed by atoms with Gasteiger partial charge in [-0.05, 0) is 34.9 Å². The summed E-state index contributed by atoms with van der Waals surface area (Å²) in [5.41, 5.74) is 2.86. The highest BCUT2D eigenvalue weighted by molar-refractivity contribution is 7.89. The van der Waals surface area contributed by atoms with Crippen molar-refractivity contribution in [1.29, 1.82) is 0 Å². The molecule has 34 heavy (non-hydrogen) atoms. The fourth-order valence-electron chi connectivity index (χ4n) is 3.48. The average Bonchev–Trinajstić information content (AvgIpc) is 3.30. The third kappa shape index (κ3) is 5.51. The molecule has 0 radical (unpaired) electrons. The summed E-state index contributed by atoms with van der Waals surface area (Å²) in [6, 6.07) is 20.5. The lowest BCUT2D eigenvalue weighted by Crippen LogP contribution is -2.34. The van der Waals surface area contributed by atoms with Crippen LogP contribution in [0.2, 0.25) is 0 Å². The minimum atomic E-state index is -3.82. The maximum atomic E-state index is 13.0. The number of anilines is 1. The minimum absolute atomic E-state index is 0.145. The molecule has 4 rings (SSSR count). The molecule has 176 valence electrons. The van der Waals surface area contributed by atoms with Crippen molar-refractivity contribution in [2.45, 2.75) is 11.3 Å². The van der Waals surface area contributed by atoms with Gasteiger partial charge in [-0.25, -0.2) is 13.4 Å². The minimum Gasteiger partial charge on any atom is -0.384 e. The number of fused-ring (bicyclic) bond motifs is 1. The zero-order valence-corrected chi connectivity index (χ0v) is 20.5. The smallest absolute Gasteiger partial charge is 0.243 e. The van der Waals surface area contributed by atoms with Crippen LogP contribution in [0.3, 0.4) is 0 Å². The highest BCUT2D eigenvalue weighted by Gasteiger charge is 2.23. The summed E-state index contributed by atoms with van der Waals surface area (Å²) in [7, 11) is -0.752. The lowest BCUT2D eigenvalue weighted by Gasteiger charge is -2.16. The van der Waals surface area contributed by atoms with E-state index in [9.17, 15) is 13.2 Å². The number of nitrogens with one attached hydrogen (secondary N) is 1. The van der Waals surface area contributed by atoms with Crippen LogP contribution in [0.25, 0.3) is 22.0 Å². The predicted octanol–water partition coefficient (Wildman–Crippen LogP) is 4.41. The molecular formula is C25H25N3O4S2. The van der Waals surface area contributed by atoms with Crippen molar-refractivity contribution < 1.29 is 17.9 Å². The third-order valence-electron chi connectivity index (χ3n) is 5.39. The first-order chi connectivity index (χ1) is 16.4. The molecule has 1 amide bonds. The number of thiazole rings is 1. The second-order valence-electron chi connectivity index (χ2n) is 7.80. The number of methoxy groups -OCH3 is 1. The van der Waals surface area contributed by atoms with E-state index in [0.717, 1.165) is 32.8 Å². The number of nitrogens with zero attached hydrogens (tertiary/aromatic N) is 2. The number of aromatic nitrogens is 1. The van der Waals surface area contributed by atoms with Crippen molar-refractivity contribution in [2.75, 3.05) is 32.6 Å². The Morgan fingerprint density at radius 1 is 1.06 bits per heavy atom. The lowest BCUT2D eigenvalue weighted by atomic mass is 10.1. The van der Waals surface area contributed by atoms with Gasteiger partial charge in [0.15, 0.2) is 5.13 Å². The molecule has 1 aromatic heterocycles. The van der Waals surface area contributed by atoms with Crippen LogP contribution in [0.4, 0.5) is 5.13 Å². The first-order valence-corrected chi connectivity index (χ1v) is 13.0. The highest BCUT2D eigenvalue weighted by atomic mass is 32.2. The Bertz CT molecular complexity index is 1400. The first kappa shape index (κ1) is 24.0. The Hall–Kier alpha value is -3.11. The van der Waals surface area contributed by atoms with Crippen molar-refractivity contribution >= 4 is 43.2 Å². The van der Waals surface area contributed by atoms with E-state index < -0.39 is 15.9 Å². The zero-order chi connectivity index (χ0) is 24.1. The molecule has 0 spiro atoms. The second kappa shape index (κ2) is 10.4. The maximum absolute atomic E-state index is 13.0. The molecule has 0 fully saturated rings. The number of rotatable bonds is 9. The van der Waals surface area contributed by atoms with E-state index in [2.05, 4.69) is 10.3 Å². The van der Waals surface area contributed by atoms with Gasteiger partial charge in [-0.3, -0.25) is 4.79 Å². The molecule has 0 saturated carbocycles. The number of carbonyl (C=O) groups excluding carboxylic acids is 1. The summed E-state index contributed by atoms with van der Waals surface area (Å²) in [5, 5.41) is 6.75. The van der Waals surface area contributed by atoms with Crippen LogP contribution in [0.1, 0.15) is 5.56 Å². The molecule has 0 atom stereocenters. The third-order valence-corrected chi connectivity index (χ3v) is 7.95. The van der Waals surface area contributed by atoms with Gasteiger partial charge in [0.2, 0.25) is 15.9 Å². The van der Waals surface area contributed by atoms with Crippen LogP contribution in [0.5, 0.6) is 0 Å². The van der Waals surface area contributed by atoms with E-state index >= 15 is 0 Å². The van der Waals surface area contributed by atoms with Crippen molar-refractivity contribution in [2.24, 2.45) is 0 Å². The monoisotopic (exact) mass is 495 g/mol. The summed E-state index contributed by atoms with van der Waals surface area (Å²) >= 11 is 1.29. The molecule has 0 unspecified atom stereocenters. The molecule has 0 aliphatic heterocycles. The molecule has 1 N–H and O–H groups in total. The Morgan fingerprint density at radius 2 is 1.79 bits per heavy atom. The van der Waals surface area contributed by atoms with Gasteiger partial charge >= 0.3 is 0 Å². The maximum Gasteiger partial charge on any atom is 0.243 e. The number of benzene rings is 3. The van der Waals surface area contributed by atoms with Gasteiger partial charge in [-0.1, -0.05) is 54.6 Å². The lowest BCUT2D eigenvalue weighted by molar-refractivity contribution is -0.116. The number of ether oxygens (including phenoxy) is 1. The largest absolute Gasteiger partial charge is 0.384 e. The molecular weight excluding hydrogens is 470 g/mol. The topological polar surface area (TPSA) is 88.6 Å². The van der Waals surface area contributed by atoms with Crippen LogP contribution in [-0.2, 0) is 26.0 Å². The van der Waals surface area contributed by atoms with E-state index in [-0.39, 0.29) is 11.4 Å². The molecule has 0 aliphatic rings.